The van der Waals surface area contributed by atoms with Gasteiger partial charge >= 0.3 is 5.97 Å². The van der Waals surface area contributed by atoms with E-state index >= 15 is 0 Å². The third-order valence-electron chi connectivity index (χ3n) is 5.65. The van der Waals surface area contributed by atoms with Crippen molar-refractivity contribution in [3.05, 3.63) is 12.2 Å². The van der Waals surface area contributed by atoms with Crippen molar-refractivity contribution in [2.75, 3.05) is 45.6 Å². The number of amides is 1. The fourth-order valence-corrected chi connectivity index (χ4v) is 3.73. The van der Waals surface area contributed by atoms with Gasteiger partial charge in [-0.3, -0.25) is 19.1 Å². The molecule has 13 nitrogen and oxygen atoms in total. The highest BCUT2D eigenvalue weighted by Gasteiger charge is 2.27. The molecule has 1 fully saturated rings. The van der Waals surface area contributed by atoms with Crippen molar-refractivity contribution in [2.24, 2.45) is 5.92 Å². The number of nitrogens with two attached hydrogens (primary N) is 1. The highest BCUT2D eigenvalue weighted by atomic mass is 16.5. The smallest absolute Gasteiger partial charge is 0.308 e. The zero-order valence-corrected chi connectivity index (χ0v) is 19.8. The molecule has 1 saturated heterocycles. The van der Waals surface area contributed by atoms with Gasteiger partial charge < -0.3 is 30.7 Å². The summed E-state index contributed by atoms with van der Waals surface area (Å²) in [5, 5.41) is 21.8. The lowest BCUT2D eigenvalue weighted by atomic mass is 9.97. The number of likely N-dealkylation sites (tertiary alicyclic amines) is 1. The summed E-state index contributed by atoms with van der Waals surface area (Å²) < 4.78 is 11.9. The number of likely N-dealkylation sites (N-methyl/N-ethyl adjacent to an activating group) is 1. The maximum Gasteiger partial charge on any atom is 0.308 e. The summed E-state index contributed by atoms with van der Waals surface area (Å²) in [6, 6.07) is 0. The molecule has 0 aliphatic carbocycles. The molecule has 1 amide bonds. The first-order chi connectivity index (χ1) is 16.9. The van der Waals surface area contributed by atoms with Crippen molar-refractivity contribution >= 4 is 28.9 Å². The molecule has 0 radical (unpaired) electrons. The van der Waals surface area contributed by atoms with Crippen LogP contribution in [0.5, 0.6) is 0 Å². The maximum absolute atomic E-state index is 12.2. The second-order valence-electron chi connectivity index (χ2n) is 8.06. The number of esters is 1. The van der Waals surface area contributed by atoms with E-state index < -0.39 is 24.7 Å². The summed E-state index contributed by atoms with van der Waals surface area (Å²) in [5.74, 6) is 5.52. The number of carbonyl (C=O) groups is 2. The Bertz CT molecular complexity index is 1090. The first-order valence-electron chi connectivity index (χ1n) is 11.3. The quantitative estimate of drug-likeness (QED) is 0.237. The van der Waals surface area contributed by atoms with Crippen LogP contribution in [0.2, 0.25) is 0 Å². The summed E-state index contributed by atoms with van der Waals surface area (Å²) in [5.41, 5.74) is 6.73. The number of aromatic nitrogens is 4. The Morgan fingerprint density at radius 3 is 2.74 bits per heavy atom. The molecule has 0 aromatic carbocycles. The van der Waals surface area contributed by atoms with E-state index in [4.69, 9.17) is 15.2 Å². The molecule has 13 heteroatoms. The lowest BCUT2D eigenvalue weighted by Gasteiger charge is -2.28. The molecular weight excluding hydrogens is 458 g/mol. The van der Waals surface area contributed by atoms with E-state index in [1.165, 1.54) is 18.0 Å². The van der Waals surface area contributed by atoms with Crippen molar-refractivity contribution < 1.29 is 29.3 Å². The van der Waals surface area contributed by atoms with Crippen molar-refractivity contribution in [3.8, 4) is 11.8 Å². The Balaban J connectivity index is 1.68. The van der Waals surface area contributed by atoms with Gasteiger partial charge in [0.1, 0.15) is 18.4 Å². The number of nitrogens with one attached hydrogen (secondary N) is 1. The average molecular weight is 490 g/mol. The van der Waals surface area contributed by atoms with Crippen LogP contribution in [0.3, 0.4) is 0 Å². The number of fused-ring (bicyclic) bond motifs is 1. The van der Waals surface area contributed by atoms with Crippen LogP contribution >= 0.6 is 0 Å². The van der Waals surface area contributed by atoms with Gasteiger partial charge in [0.15, 0.2) is 17.6 Å². The summed E-state index contributed by atoms with van der Waals surface area (Å²) in [4.78, 5) is 38.8. The van der Waals surface area contributed by atoms with Gasteiger partial charge in [-0.25, -0.2) is 15.0 Å². The number of aliphatic hydroxyl groups is 2. The number of anilines is 1. The molecule has 0 bridgehead atoms. The minimum atomic E-state index is -1.39. The van der Waals surface area contributed by atoms with E-state index in [2.05, 4.69) is 37.0 Å². The van der Waals surface area contributed by atoms with Crippen molar-refractivity contribution in [1.29, 1.82) is 0 Å². The number of ether oxygens (including phenoxy) is 2. The third kappa shape index (κ3) is 6.64. The number of hydrogen-bond acceptors (Lipinski definition) is 11. The van der Waals surface area contributed by atoms with Crippen LogP contribution in [0.4, 0.5) is 5.82 Å². The van der Waals surface area contributed by atoms with E-state index in [1.807, 2.05) is 0 Å². The highest BCUT2D eigenvalue weighted by molar-refractivity contribution is 5.82. The number of imidazole rings is 1. The molecule has 0 saturated carbocycles. The minimum Gasteiger partial charge on any atom is -0.469 e. The van der Waals surface area contributed by atoms with Gasteiger partial charge in [-0.1, -0.05) is 5.92 Å². The predicted octanol–water partition coefficient (Wildman–Crippen LogP) is -1.52. The average Bonchev–Trinajstić information content (AvgIpc) is 3.27. The molecule has 3 heterocycles. The van der Waals surface area contributed by atoms with Crippen LogP contribution in [0.15, 0.2) is 6.33 Å². The first kappa shape index (κ1) is 26.3. The molecule has 2 aromatic rings. The molecule has 0 spiro atoms. The fraction of sp³-hybridized carbons (Fsp3) is 0.591. The number of nitrogen functional groups attached to an aromatic ring is 1. The highest BCUT2D eigenvalue weighted by Crippen LogP contribution is 2.18. The molecule has 1 aliphatic rings. The van der Waals surface area contributed by atoms with Gasteiger partial charge in [0, 0.05) is 6.54 Å². The predicted molar refractivity (Wildman–Crippen MR) is 124 cm³/mol. The van der Waals surface area contributed by atoms with E-state index in [0.29, 0.717) is 24.3 Å². The Kier molecular flexibility index (Phi) is 9.32. The second-order valence-corrected chi connectivity index (χ2v) is 8.06. The Morgan fingerprint density at radius 1 is 1.34 bits per heavy atom. The lowest BCUT2D eigenvalue weighted by Crippen LogP contribution is -2.45. The van der Waals surface area contributed by atoms with Gasteiger partial charge in [0.2, 0.25) is 5.82 Å². The standard InChI is InChI=1S/C22H31N7O6/c1-3-24-21(32)18(15(31)11-30)35-13-29-12-25-17-19(23)26-16(27-20(17)29)5-4-8-28-9-6-14(7-10-28)22(33)34-2/h12,14-15,18,30-31H,3,6-11,13H2,1-2H3,(H,24,32)(H2,23,26,27)/t15?,18-/m0/s1. The van der Waals surface area contributed by atoms with Crippen LogP contribution in [0, 0.1) is 17.8 Å². The molecule has 2 atom stereocenters. The summed E-state index contributed by atoms with van der Waals surface area (Å²) in [7, 11) is 1.40. The Morgan fingerprint density at radius 2 is 2.09 bits per heavy atom. The van der Waals surface area contributed by atoms with E-state index in [0.717, 1.165) is 25.9 Å². The Hall–Kier alpha value is -3.31. The zero-order valence-electron chi connectivity index (χ0n) is 19.8. The number of hydrogen-bond donors (Lipinski definition) is 4. The van der Waals surface area contributed by atoms with Crippen LogP contribution < -0.4 is 11.1 Å². The fourth-order valence-electron chi connectivity index (χ4n) is 3.73. The molecule has 35 heavy (non-hydrogen) atoms. The largest absolute Gasteiger partial charge is 0.469 e. The molecular formula is C22H31N7O6. The summed E-state index contributed by atoms with van der Waals surface area (Å²) >= 11 is 0. The van der Waals surface area contributed by atoms with Gasteiger partial charge in [-0.05, 0) is 38.8 Å². The number of carbonyl (C=O) groups excluding carboxylic acids is 2. The van der Waals surface area contributed by atoms with Gasteiger partial charge in [-0.15, -0.1) is 0 Å². The SMILES string of the molecule is CCNC(=O)[C@@H](OCn1cnc2c(N)nc(C#CCN3CCC(C(=O)OC)CC3)nc21)C(O)CO. The zero-order chi connectivity index (χ0) is 25.4. The number of aliphatic hydroxyl groups excluding tert-OH is 2. The summed E-state index contributed by atoms with van der Waals surface area (Å²) in [6.07, 6.45) is 0.212. The van der Waals surface area contributed by atoms with Gasteiger partial charge in [-0.2, -0.15) is 0 Å². The topological polar surface area (TPSA) is 178 Å². The van der Waals surface area contributed by atoms with Gasteiger partial charge in [0.25, 0.3) is 5.91 Å². The van der Waals surface area contributed by atoms with Crippen molar-refractivity contribution in [3.63, 3.8) is 0 Å². The van der Waals surface area contributed by atoms with Gasteiger partial charge in [0.05, 0.1) is 32.5 Å². The Labute approximate surface area is 202 Å². The maximum atomic E-state index is 12.2. The molecule has 3 rings (SSSR count). The van der Waals surface area contributed by atoms with Crippen LogP contribution in [0.1, 0.15) is 25.6 Å². The van der Waals surface area contributed by atoms with Crippen LogP contribution in [-0.4, -0.2) is 98.6 Å². The minimum absolute atomic E-state index is 0.0663. The first-order valence-corrected chi connectivity index (χ1v) is 11.3. The number of nitrogens with zero attached hydrogens (tertiary/aromatic N) is 5. The van der Waals surface area contributed by atoms with Crippen molar-refractivity contribution in [2.45, 2.75) is 38.7 Å². The van der Waals surface area contributed by atoms with Crippen LogP contribution in [0.25, 0.3) is 11.2 Å². The number of methoxy groups -OCH3 is 1. The monoisotopic (exact) mass is 489 g/mol. The molecule has 1 aliphatic heterocycles. The van der Waals surface area contributed by atoms with E-state index in [1.54, 1.807) is 6.92 Å². The lowest BCUT2D eigenvalue weighted by molar-refractivity contribution is -0.147. The van der Waals surface area contributed by atoms with E-state index in [9.17, 15) is 19.8 Å². The van der Waals surface area contributed by atoms with E-state index in [-0.39, 0.29) is 30.3 Å². The van der Waals surface area contributed by atoms with Crippen molar-refractivity contribution in [1.82, 2.24) is 29.7 Å². The summed E-state index contributed by atoms with van der Waals surface area (Å²) in [6.45, 7) is 3.25. The molecule has 190 valence electrons. The normalized spacial score (nSPS) is 16.3. The number of rotatable bonds is 9. The molecule has 2 aromatic heterocycles. The molecule has 5 N–H and O–H groups in total. The second kappa shape index (κ2) is 12.4. The van der Waals surface area contributed by atoms with Crippen LogP contribution in [-0.2, 0) is 25.8 Å². The number of piperidine rings is 1. The third-order valence-corrected chi connectivity index (χ3v) is 5.65. The molecule has 1 unspecified atom stereocenters.